The molecule has 11 heteroatoms. The summed E-state index contributed by atoms with van der Waals surface area (Å²) in [5.41, 5.74) is 0.231. The normalized spacial score (nSPS) is 10.6. The van der Waals surface area contributed by atoms with Crippen LogP contribution >= 0.6 is 0 Å². The van der Waals surface area contributed by atoms with Crippen molar-refractivity contribution >= 4 is 17.3 Å². The van der Waals surface area contributed by atoms with Crippen LogP contribution in [0.4, 0.5) is 20.2 Å². The van der Waals surface area contributed by atoms with Crippen molar-refractivity contribution in [1.82, 2.24) is 0 Å². The Morgan fingerprint density at radius 3 is 2.29 bits per heavy atom. The average Bonchev–Trinajstić information content (AvgIpc) is 2.84. The first kappa shape index (κ1) is 25.2. The lowest BCUT2D eigenvalue weighted by Crippen LogP contribution is -2.15. The number of nitrogens with one attached hydrogen (secondary N) is 1. The number of alkyl halides is 2. The van der Waals surface area contributed by atoms with Crippen LogP contribution in [-0.4, -0.2) is 38.3 Å². The highest BCUT2D eigenvalue weighted by molar-refractivity contribution is 6.08. The van der Waals surface area contributed by atoms with Crippen LogP contribution in [0.2, 0.25) is 0 Å². The first-order chi connectivity index (χ1) is 16.8. The van der Waals surface area contributed by atoms with Gasteiger partial charge < -0.3 is 24.3 Å². The molecule has 3 aromatic rings. The minimum Gasteiger partial charge on any atom is -0.497 e. The summed E-state index contributed by atoms with van der Waals surface area (Å²) in [4.78, 5) is 23.9. The van der Waals surface area contributed by atoms with E-state index in [9.17, 15) is 23.7 Å². The molecular formula is C24H22F2N2O7. The van der Waals surface area contributed by atoms with E-state index in [2.05, 4.69) is 10.1 Å². The molecule has 3 rings (SSSR count). The van der Waals surface area contributed by atoms with Gasteiger partial charge in [0.15, 0.2) is 11.5 Å². The fourth-order valence-corrected chi connectivity index (χ4v) is 3.31. The lowest BCUT2D eigenvalue weighted by atomic mass is 10.0. The summed E-state index contributed by atoms with van der Waals surface area (Å²) in [6, 6.07) is 12.9. The molecule has 0 atom stereocenters. The van der Waals surface area contributed by atoms with Gasteiger partial charge in [-0.3, -0.25) is 14.9 Å². The second-order valence-corrected chi connectivity index (χ2v) is 6.98. The standard InChI is InChI=1S/C24H22F2N2O7/c1-4-34-22-13-19(28(30)31)18(12-21(22)33-3)23(29)27-15-7-10-20(35-24(25)26)17(11-15)14-5-8-16(32-2)9-6-14/h5-13,24H,4H2,1-3H3,(H,27,29). The van der Waals surface area contributed by atoms with E-state index in [0.29, 0.717) is 11.3 Å². The van der Waals surface area contributed by atoms with Gasteiger partial charge in [0.2, 0.25) is 0 Å². The van der Waals surface area contributed by atoms with Gasteiger partial charge in [-0.25, -0.2) is 0 Å². The van der Waals surface area contributed by atoms with Gasteiger partial charge in [-0.1, -0.05) is 12.1 Å². The largest absolute Gasteiger partial charge is 0.497 e. The quantitative estimate of drug-likeness (QED) is 0.295. The van der Waals surface area contributed by atoms with Crippen molar-refractivity contribution in [3.8, 4) is 34.1 Å². The first-order valence-corrected chi connectivity index (χ1v) is 10.3. The van der Waals surface area contributed by atoms with E-state index in [4.69, 9.17) is 14.2 Å². The van der Waals surface area contributed by atoms with E-state index in [-0.39, 0.29) is 40.7 Å². The Morgan fingerprint density at radius 2 is 1.71 bits per heavy atom. The van der Waals surface area contributed by atoms with Gasteiger partial charge in [-0.05, 0) is 42.8 Å². The van der Waals surface area contributed by atoms with Gasteiger partial charge in [0.25, 0.3) is 11.6 Å². The van der Waals surface area contributed by atoms with Crippen LogP contribution in [0, 0.1) is 10.1 Å². The van der Waals surface area contributed by atoms with Crippen LogP contribution in [0.15, 0.2) is 54.6 Å². The number of rotatable bonds is 10. The molecule has 0 radical (unpaired) electrons. The Morgan fingerprint density at radius 1 is 1.00 bits per heavy atom. The maximum atomic E-state index is 13.0. The number of methoxy groups -OCH3 is 2. The Balaban J connectivity index is 2.00. The van der Waals surface area contributed by atoms with E-state index < -0.39 is 23.1 Å². The van der Waals surface area contributed by atoms with Crippen molar-refractivity contribution in [3.63, 3.8) is 0 Å². The molecular weight excluding hydrogens is 466 g/mol. The highest BCUT2D eigenvalue weighted by Gasteiger charge is 2.25. The Hall–Kier alpha value is -4.41. The zero-order chi connectivity index (χ0) is 25.5. The van der Waals surface area contributed by atoms with Crippen LogP contribution in [0.25, 0.3) is 11.1 Å². The third-order valence-corrected chi connectivity index (χ3v) is 4.88. The number of hydrogen-bond donors (Lipinski definition) is 1. The van der Waals surface area contributed by atoms with Crippen LogP contribution in [0.1, 0.15) is 17.3 Å². The molecule has 0 saturated carbocycles. The summed E-state index contributed by atoms with van der Waals surface area (Å²) in [6.07, 6.45) is 0. The van der Waals surface area contributed by atoms with Crippen molar-refractivity contribution < 1.29 is 37.4 Å². The van der Waals surface area contributed by atoms with Crippen LogP contribution in [0.3, 0.4) is 0 Å². The Bertz CT molecular complexity index is 1220. The minimum atomic E-state index is -3.06. The van der Waals surface area contributed by atoms with Gasteiger partial charge in [-0.2, -0.15) is 8.78 Å². The molecule has 0 spiro atoms. The molecule has 0 aliphatic rings. The predicted octanol–water partition coefficient (Wildman–Crippen LogP) is 5.53. The number of anilines is 1. The van der Waals surface area contributed by atoms with Crippen molar-refractivity contribution in [2.45, 2.75) is 13.5 Å². The smallest absolute Gasteiger partial charge is 0.387 e. The number of hydrogen-bond acceptors (Lipinski definition) is 7. The lowest BCUT2D eigenvalue weighted by molar-refractivity contribution is -0.385. The van der Waals surface area contributed by atoms with Gasteiger partial charge in [0.1, 0.15) is 17.1 Å². The molecule has 1 N–H and O–H groups in total. The fraction of sp³-hybridized carbons (Fsp3) is 0.208. The van der Waals surface area contributed by atoms with E-state index in [1.54, 1.807) is 31.2 Å². The second-order valence-electron chi connectivity index (χ2n) is 6.98. The molecule has 0 unspecified atom stereocenters. The summed E-state index contributed by atoms with van der Waals surface area (Å²) >= 11 is 0. The molecule has 0 aromatic heterocycles. The van der Waals surface area contributed by atoms with E-state index >= 15 is 0 Å². The molecule has 0 aliphatic heterocycles. The number of carbonyl (C=O) groups excluding carboxylic acids is 1. The molecule has 0 bridgehead atoms. The maximum Gasteiger partial charge on any atom is 0.387 e. The lowest BCUT2D eigenvalue weighted by Gasteiger charge is -2.15. The molecule has 0 fully saturated rings. The third kappa shape index (κ3) is 5.94. The Kier molecular flexibility index (Phi) is 8.03. The molecule has 0 heterocycles. The number of carbonyl (C=O) groups is 1. The third-order valence-electron chi connectivity index (χ3n) is 4.88. The first-order valence-electron chi connectivity index (χ1n) is 10.3. The SMILES string of the molecule is CCOc1cc([N+](=O)[O-])c(C(=O)Nc2ccc(OC(F)F)c(-c3ccc(OC)cc3)c2)cc1OC. The number of amides is 1. The minimum absolute atomic E-state index is 0.114. The number of nitro groups is 1. The van der Waals surface area contributed by atoms with Crippen molar-refractivity contribution in [2.75, 3.05) is 26.1 Å². The van der Waals surface area contributed by atoms with Gasteiger partial charge in [0.05, 0.1) is 31.8 Å². The Labute approximate surface area is 199 Å². The summed E-state index contributed by atoms with van der Waals surface area (Å²) in [7, 11) is 2.83. The van der Waals surface area contributed by atoms with Crippen molar-refractivity contribution in [2.24, 2.45) is 0 Å². The monoisotopic (exact) mass is 488 g/mol. The molecule has 1 amide bonds. The highest BCUT2D eigenvalue weighted by Crippen LogP contribution is 2.37. The van der Waals surface area contributed by atoms with E-state index in [1.807, 2.05) is 0 Å². The molecule has 184 valence electrons. The van der Waals surface area contributed by atoms with Crippen molar-refractivity contribution in [1.29, 1.82) is 0 Å². The zero-order valence-corrected chi connectivity index (χ0v) is 19.0. The van der Waals surface area contributed by atoms with Crippen LogP contribution in [0.5, 0.6) is 23.0 Å². The summed E-state index contributed by atoms with van der Waals surface area (Å²) in [5, 5.41) is 14.2. The predicted molar refractivity (Wildman–Crippen MR) is 124 cm³/mol. The van der Waals surface area contributed by atoms with Crippen LogP contribution in [-0.2, 0) is 0 Å². The van der Waals surface area contributed by atoms with E-state index in [0.717, 1.165) is 6.07 Å². The molecule has 3 aromatic carbocycles. The number of nitro benzene ring substituents is 1. The van der Waals surface area contributed by atoms with Gasteiger partial charge in [-0.15, -0.1) is 0 Å². The van der Waals surface area contributed by atoms with Gasteiger partial charge >= 0.3 is 6.61 Å². The maximum absolute atomic E-state index is 13.0. The van der Waals surface area contributed by atoms with Gasteiger partial charge in [0, 0.05) is 17.3 Å². The topological polar surface area (TPSA) is 109 Å². The molecule has 0 saturated heterocycles. The number of halogens is 2. The summed E-state index contributed by atoms with van der Waals surface area (Å²) in [6.45, 7) is -1.13. The zero-order valence-electron chi connectivity index (χ0n) is 19.0. The number of benzene rings is 3. The summed E-state index contributed by atoms with van der Waals surface area (Å²) < 4.78 is 46.2. The average molecular weight is 488 g/mol. The summed E-state index contributed by atoms with van der Waals surface area (Å²) in [5.74, 6) is -0.0971. The number of ether oxygens (including phenoxy) is 4. The molecule has 9 nitrogen and oxygen atoms in total. The highest BCUT2D eigenvalue weighted by atomic mass is 19.3. The van der Waals surface area contributed by atoms with Crippen LogP contribution < -0.4 is 24.3 Å². The molecule has 0 aliphatic carbocycles. The molecule has 35 heavy (non-hydrogen) atoms. The fourth-order valence-electron chi connectivity index (χ4n) is 3.31. The number of nitrogens with zero attached hydrogens (tertiary/aromatic N) is 1. The van der Waals surface area contributed by atoms with E-state index in [1.165, 1.54) is 38.5 Å². The second kappa shape index (κ2) is 11.1. The van der Waals surface area contributed by atoms with Crippen molar-refractivity contribution in [3.05, 3.63) is 70.3 Å².